The molecule has 10 aromatic carbocycles. The normalized spacial score (nSPS) is 11.4. The first kappa shape index (κ1) is 36.2. The molecule has 0 saturated carbocycles. The zero-order valence-corrected chi connectivity index (χ0v) is 34.1. The number of benzene rings is 10. The molecule has 3 nitrogen and oxygen atoms in total. The monoisotopic (exact) mass is 782 g/mol. The van der Waals surface area contributed by atoms with Gasteiger partial charge in [-0.15, -0.1) is 0 Å². The van der Waals surface area contributed by atoms with Crippen molar-refractivity contribution in [2.75, 3.05) is 9.80 Å². The van der Waals surface area contributed by atoms with Crippen molar-refractivity contribution in [3.63, 3.8) is 0 Å². The fourth-order valence-corrected chi connectivity index (χ4v) is 9.18. The Morgan fingerprint density at radius 2 is 0.656 bits per heavy atom. The van der Waals surface area contributed by atoms with Crippen LogP contribution in [0, 0.1) is 13.8 Å². The molecule has 0 aliphatic heterocycles. The van der Waals surface area contributed by atoms with Crippen LogP contribution in [-0.2, 0) is 0 Å². The molecule has 11 aromatic rings. The highest BCUT2D eigenvalue weighted by molar-refractivity contribution is 6.30. The standard InChI is InChI=1S/C58H42N2O/c1-39-19-9-15-33-51(39)59(45-27-17-25-43(35-45)41-21-5-3-6-22-41)53-37-55-57(49-31-13-11-29-47(49)53)58-50-32-14-12-30-48(50)54(38-56(58)61-55)60(52-34-16-10-20-40(52)2)46-28-18-26-44(36-46)42-23-7-4-8-24-42/h3-38H,1-2H3. The molecule has 0 fully saturated rings. The zero-order chi connectivity index (χ0) is 40.9. The van der Waals surface area contributed by atoms with Gasteiger partial charge in [0.2, 0.25) is 0 Å². The lowest BCUT2D eigenvalue weighted by Gasteiger charge is -2.29. The Morgan fingerprint density at radius 1 is 0.295 bits per heavy atom. The van der Waals surface area contributed by atoms with Crippen LogP contribution in [0.2, 0.25) is 0 Å². The van der Waals surface area contributed by atoms with Crippen molar-refractivity contribution in [1.82, 2.24) is 0 Å². The van der Waals surface area contributed by atoms with E-state index in [-0.39, 0.29) is 0 Å². The van der Waals surface area contributed by atoms with Crippen molar-refractivity contribution in [1.29, 1.82) is 0 Å². The van der Waals surface area contributed by atoms with Gasteiger partial charge in [-0.25, -0.2) is 0 Å². The number of fused-ring (bicyclic) bond motifs is 7. The minimum absolute atomic E-state index is 0.845. The van der Waals surface area contributed by atoms with E-state index in [2.05, 4.69) is 242 Å². The van der Waals surface area contributed by atoms with Gasteiger partial charge in [0, 0.05) is 56.4 Å². The van der Waals surface area contributed by atoms with Gasteiger partial charge < -0.3 is 14.2 Å². The van der Waals surface area contributed by atoms with Gasteiger partial charge in [0.15, 0.2) is 0 Å². The minimum atomic E-state index is 0.845. The molecule has 0 aliphatic rings. The van der Waals surface area contributed by atoms with Crippen molar-refractivity contribution in [2.45, 2.75) is 13.8 Å². The smallest absolute Gasteiger partial charge is 0.138 e. The molecule has 11 rings (SSSR count). The minimum Gasteiger partial charge on any atom is -0.456 e. The number of anilines is 6. The summed E-state index contributed by atoms with van der Waals surface area (Å²) < 4.78 is 7.19. The van der Waals surface area contributed by atoms with Gasteiger partial charge in [0.05, 0.1) is 11.4 Å². The summed E-state index contributed by atoms with van der Waals surface area (Å²) in [6, 6.07) is 78.4. The first-order chi connectivity index (χ1) is 30.1. The lowest BCUT2D eigenvalue weighted by molar-refractivity contribution is 0.669. The first-order valence-corrected chi connectivity index (χ1v) is 20.9. The molecule has 0 saturated heterocycles. The molecular weight excluding hydrogens is 741 g/mol. The molecule has 0 bridgehead atoms. The number of furan rings is 1. The van der Waals surface area contributed by atoms with E-state index >= 15 is 0 Å². The average molecular weight is 783 g/mol. The Balaban J connectivity index is 1.18. The maximum Gasteiger partial charge on any atom is 0.138 e. The van der Waals surface area contributed by atoms with Crippen molar-refractivity contribution < 1.29 is 4.42 Å². The number of hydrogen-bond acceptors (Lipinski definition) is 3. The molecule has 0 aliphatic carbocycles. The Labute approximate surface area is 356 Å². The molecule has 0 atom stereocenters. The lowest BCUT2D eigenvalue weighted by atomic mass is 9.96. The summed E-state index contributed by atoms with van der Waals surface area (Å²) in [6.45, 7) is 4.38. The number of hydrogen-bond donors (Lipinski definition) is 0. The van der Waals surface area contributed by atoms with Crippen LogP contribution >= 0.6 is 0 Å². The fourth-order valence-electron chi connectivity index (χ4n) is 9.18. The summed E-state index contributed by atoms with van der Waals surface area (Å²) in [6.07, 6.45) is 0. The van der Waals surface area contributed by atoms with E-state index in [0.717, 1.165) is 88.7 Å². The first-order valence-electron chi connectivity index (χ1n) is 20.9. The van der Waals surface area contributed by atoms with Crippen LogP contribution in [0.25, 0.3) is 65.7 Å². The van der Waals surface area contributed by atoms with Crippen molar-refractivity contribution in [3.05, 3.63) is 230 Å². The Bertz CT molecular complexity index is 3180. The lowest BCUT2D eigenvalue weighted by Crippen LogP contribution is -2.12. The van der Waals surface area contributed by atoms with Crippen molar-refractivity contribution in [2.24, 2.45) is 0 Å². The van der Waals surface area contributed by atoms with E-state index in [1.807, 2.05) is 0 Å². The van der Waals surface area contributed by atoms with Gasteiger partial charge in [0.25, 0.3) is 0 Å². The van der Waals surface area contributed by atoms with E-state index in [0.29, 0.717) is 0 Å². The second-order valence-electron chi connectivity index (χ2n) is 15.8. The molecule has 61 heavy (non-hydrogen) atoms. The average Bonchev–Trinajstić information content (AvgIpc) is 3.70. The van der Waals surface area contributed by atoms with Gasteiger partial charge >= 0.3 is 0 Å². The summed E-state index contributed by atoms with van der Waals surface area (Å²) in [4.78, 5) is 4.81. The predicted molar refractivity (Wildman–Crippen MR) is 258 cm³/mol. The van der Waals surface area contributed by atoms with Crippen LogP contribution in [-0.4, -0.2) is 0 Å². The van der Waals surface area contributed by atoms with E-state index in [1.165, 1.54) is 22.3 Å². The van der Waals surface area contributed by atoms with Crippen LogP contribution in [0.4, 0.5) is 34.1 Å². The van der Waals surface area contributed by atoms with Crippen LogP contribution in [0.15, 0.2) is 223 Å². The second kappa shape index (κ2) is 15.1. The Morgan fingerprint density at radius 3 is 1.08 bits per heavy atom. The van der Waals surface area contributed by atoms with E-state index in [4.69, 9.17) is 4.42 Å². The summed E-state index contributed by atoms with van der Waals surface area (Å²) >= 11 is 0. The molecule has 1 aromatic heterocycles. The summed E-state index contributed by atoms with van der Waals surface area (Å²) in [5.41, 5.74) is 15.3. The summed E-state index contributed by atoms with van der Waals surface area (Å²) in [7, 11) is 0. The summed E-state index contributed by atoms with van der Waals surface area (Å²) in [5.74, 6) is 0. The molecule has 0 N–H and O–H groups in total. The molecule has 0 amide bonds. The molecule has 0 unspecified atom stereocenters. The number of rotatable bonds is 8. The molecule has 3 heteroatoms. The molecular formula is C58H42N2O. The third-order valence-electron chi connectivity index (χ3n) is 12.1. The second-order valence-corrected chi connectivity index (χ2v) is 15.8. The predicted octanol–water partition coefficient (Wildman–Crippen LogP) is 16.8. The van der Waals surface area contributed by atoms with Crippen LogP contribution < -0.4 is 9.80 Å². The molecule has 1 heterocycles. The maximum atomic E-state index is 7.19. The van der Waals surface area contributed by atoms with E-state index < -0.39 is 0 Å². The molecule has 0 radical (unpaired) electrons. The van der Waals surface area contributed by atoms with Gasteiger partial charge in [-0.2, -0.15) is 0 Å². The van der Waals surface area contributed by atoms with Crippen molar-refractivity contribution >= 4 is 77.6 Å². The van der Waals surface area contributed by atoms with Gasteiger partial charge in [-0.3, -0.25) is 0 Å². The third kappa shape index (κ3) is 6.30. The zero-order valence-electron chi connectivity index (χ0n) is 34.1. The maximum absolute atomic E-state index is 7.19. The fraction of sp³-hybridized carbons (Fsp3) is 0.0345. The summed E-state index contributed by atoms with van der Waals surface area (Å²) in [5, 5.41) is 6.84. The Hall–Kier alpha value is -7.88. The highest BCUT2D eigenvalue weighted by Gasteiger charge is 2.25. The van der Waals surface area contributed by atoms with Crippen LogP contribution in [0.1, 0.15) is 11.1 Å². The highest BCUT2D eigenvalue weighted by atomic mass is 16.3. The number of para-hydroxylation sites is 2. The highest BCUT2D eigenvalue weighted by Crippen LogP contribution is 2.50. The topological polar surface area (TPSA) is 19.6 Å². The number of aryl methyl sites for hydroxylation is 2. The van der Waals surface area contributed by atoms with Gasteiger partial charge in [0.1, 0.15) is 11.2 Å². The third-order valence-corrected chi connectivity index (χ3v) is 12.1. The Kier molecular flexibility index (Phi) is 8.94. The molecule has 0 spiro atoms. The van der Waals surface area contributed by atoms with Crippen molar-refractivity contribution in [3.8, 4) is 22.3 Å². The van der Waals surface area contributed by atoms with Crippen LogP contribution in [0.3, 0.4) is 0 Å². The van der Waals surface area contributed by atoms with Gasteiger partial charge in [-0.05, 0) is 94.4 Å². The quantitative estimate of drug-likeness (QED) is 0.153. The largest absolute Gasteiger partial charge is 0.456 e. The van der Waals surface area contributed by atoms with E-state index in [9.17, 15) is 0 Å². The van der Waals surface area contributed by atoms with Crippen LogP contribution in [0.5, 0.6) is 0 Å². The van der Waals surface area contributed by atoms with E-state index in [1.54, 1.807) is 0 Å². The molecule has 290 valence electrons. The number of nitrogens with zero attached hydrogens (tertiary/aromatic N) is 2. The SMILES string of the molecule is Cc1ccccc1N(c1cccc(-c2ccccc2)c1)c1cc2oc3cc(N(c4cccc(-c5ccccc5)c4)c4ccccc4C)c4ccccc4c3c2c2ccccc12. The van der Waals surface area contributed by atoms with Gasteiger partial charge in [-0.1, -0.05) is 170 Å².